The van der Waals surface area contributed by atoms with Gasteiger partial charge in [-0.15, -0.1) is 0 Å². The Morgan fingerprint density at radius 3 is 2.19 bits per heavy atom. The molecule has 1 aromatic carbocycles. The van der Waals surface area contributed by atoms with Crippen molar-refractivity contribution in [3.05, 3.63) is 51.8 Å². The number of Topliss-reactive ketones (excluding diaryl/α,β-unsaturated/α-hetero) is 1. The lowest BCUT2D eigenvalue weighted by Crippen LogP contribution is -2.50. The van der Waals surface area contributed by atoms with Crippen molar-refractivity contribution in [3.8, 4) is 0 Å². The van der Waals surface area contributed by atoms with Crippen LogP contribution in [0.25, 0.3) is 0 Å². The van der Waals surface area contributed by atoms with Gasteiger partial charge in [0.1, 0.15) is 10.6 Å². The van der Waals surface area contributed by atoms with E-state index in [1.165, 1.54) is 40.5 Å². The fourth-order valence-electron chi connectivity index (χ4n) is 2.88. The molecule has 0 saturated carbocycles. The summed E-state index contributed by atoms with van der Waals surface area (Å²) in [6.45, 7) is 2.09. The molecule has 3 rings (SSSR count). The third kappa shape index (κ3) is 3.89. The van der Waals surface area contributed by atoms with Crippen LogP contribution in [0.5, 0.6) is 0 Å². The van der Waals surface area contributed by atoms with Crippen molar-refractivity contribution in [2.45, 2.75) is 11.8 Å². The number of rotatable bonds is 4. The molecule has 0 bridgehead atoms. The quantitative estimate of drug-likeness (QED) is 0.756. The highest BCUT2D eigenvalue weighted by Gasteiger charge is 2.33. The van der Waals surface area contributed by atoms with Crippen molar-refractivity contribution in [3.63, 3.8) is 0 Å². The first-order chi connectivity index (χ1) is 12.7. The lowest BCUT2D eigenvalue weighted by molar-refractivity contribution is 0.0692. The molecule has 144 valence electrons. The van der Waals surface area contributed by atoms with Crippen LogP contribution in [0, 0.1) is 0 Å². The van der Waals surface area contributed by atoms with E-state index in [9.17, 15) is 18.0 Å². The summed E-state index contributed by atoms with van der Waals surface area (Å²) in [6.07, 6.45) is 1.48. The fourth-order valence-corrected chi connectivity index (χ4v) is 5.39. The number of ketones is 1. The number of amides is 1. The molecule has 27 heavy (non-hydrogen) atoms. The largest absolute Gasteiger partial charge is 0.356 e. The zero-order valence-corrected chi connectivity index (χ0v) is 16.7. The molecule has 1 aliphatic rings. The summed E-state index contributed by atoms with van der Waals surface area (Å²) in [5, 5.41) is 0.119. The van der Waals surface area contributed by atoms with Crippen molar-refractivity contribution in [2.24, 2.45) is 0 Å². The number of nitrogens with one attached hydrogen (secondary N) is 1. The highest BCUT2D eigenvalue weighted by molar-refractivity contribution is 7.89. The number of benzene rings is 1. The van der Waals surface area contributed by atoms with E-state index in [0.717, 1.165) is 0 Å². The number of halogens is 2. The van der Waals surface area contributed by atoms with Gasteiger partial charge in [-0.2, -0.15) is 4.31 Å². The molecule has 1 N–H and O–H groups in total. The minimum Gasteiger partial charge on any atom is -0.356 e. The second-order valence-corrected chi connectivity index (χ2v) is 8.79. The molecule has 7 nitrogen and oxygen atoms in total. The molecule has 2 aromatic rings. The van der Waals surface area contributed by atoms with Crippen molar-refractivity contribution >= 4 is 44.9 Å². The molecule has 0 atom stereocenters. The Bertz CT molecular complexity index is 975. The second-order valence-electron chi connectivity index (χ2n) is 6.11. The number of aromatic nitrogens is 1. The Balaban J connectivity index is 1.73. The monoisotopic (exact) mass is 429 g/mol. The molecular formula is C17H17Cl2N3O4S. The zero-order valence-electron chi connectivity index (χ0n) is 14.4. The average Bonchev–Trinajstić information content (AvgIpc) is 3.11. The molecule has 0 aliphatic carbocycles. The SMILES string of the molecule is CC(=O)c1c[nH]c(C(=O)N2CCN(S(=O)(=O)c3c(Cl)cccc3Cl)CC2)c1. The maximum Gasteiger partial charge on any atom is 0.270 e. The van der Waals surface area contributed by atoms with Gasteiger partial charge in [0.25, 0.3) is 5.91 Å². The number of piperazine rings is 1. The van der Waals surface area contributed by atoms with Crippen LogP contribution in [0.4, 0.5) is 0 Å². The molecule has 1 fully saturated rings. The van der Waals surface area contributed by atoms with Crippen molar-refractivity contribution < 1.29 is 18.0 Å². The van der Waals surface area contributed by atoms with E-state index in [4.69, 9.17) is 23.2 Å². The van der Waals surface area contributed by atoms with Gasteiger partial charge in [-0.05, 0) is 25.1 Å². The van der Waals surface area contributed by atoms with Gasteiger partial charge in [-0.1, -0.05) is 29.3 Å². The van der Waals surface area contributed by atoms with Crippen molar-refractivity contribution in [1.29, 1.82) is 0 Å². The highest BCUT2D eigenvalue weighted by atomic mass is 35.5. The number of aromatic amines is 1. The van der Waals surface area contributed by atoms with Gasteiger partial charge < -0.3 is 9.88 Å². The molecule has 1 aliphatic heterocycles. The zero-order chi connectivity index (χ0) is 19.8. The number of sulfonamides is 1. The molecule has 0 unspecified atom stereocenters. The summed E-state index contributed by atoms with van der Waals surface area (Å²) in [5.74, 6) is -0.423. The summed E-state index contributed by atoms with van der Waals surface area (Å²) in [5.41, 5.74) is 0.721. The minimum atomic E-state index is -3.87. The first kappa shape index (κ1) is 19.9. The van der Waals surface area contributed by atoms with Gasteiger partial charge in [-0.25, -0.2) is 8.42 Å². The van der Waals surface area contributed by atoms with E-state index in [1.807, 2.05) is 0 Å². The molecule has 0 radical (unpaired) electrons. The summed E-state index contributed by atoms with van der Waals surface area (Å²) >= 11 is 12.1. The summed E-state index contributed by atoms with van der Waals surface area (Å²) in [4.78, 5) is 28.1. The van der Waals surface area contributed by atoms with Crippen LogP contribution in [0.15, 0.2) is 35.4 Å². The number of hydrogen-bond acceptors (Lipinski definition) is 4. The minimum absolute atomic E-state index is 0.0594. The lowest BCUT2D eigenvalue weighted by atomic mass is 10.2. The molecule has 1 amide bonds. The molecular weight excluding hydrogens is 413 g/mol. The molecule has 10 heteroatoms. The Labute approximate surface area is 166 Å². The van der Waals surface area contributed by atoms with Crippen molar-refractivity contribution in [2.75, 3.05) is 26.2 Å². The van der Waals surface area contributed by atoms with Gasteiger partial charge in [0.15, 0.2) is 5.78 Å². The standard InChI is InChI=1S/C17H17Cl2N3O4S/c1-11(23)12-9-15(20-10-12)17(24)21-5-7-22(8-6-21)27(25,26)16-13(18)3-2-4-14(16)19/h2-4,9-10,20H,5-8H2,1H3. The maximum absolute atomic E-state index is 12.9. The average molecular weight is 430 g/mol. The van der Waals surface area contributed by atoms with Gasteiger partial charge in [0.2, 0.25) is 10.0 Å². The predicted octanol–water partition coefficient (Wildman–Crippen LogP) is 2.67. The van der Waals surface area contributed by atoms with Crippen LogP contribution in [0.1, 0.15) is 27.8 Å². The topological polar surface area (TPSA) is 90.6 Å². The van der Waals surface area contributed by atoms with Crippen LogP contribution >= 0.6 is 23.2 Å². The highest BCUT2D eigenvalue weighted by Crippen LogP contribution is 2.31. The summed E-state index contributed by atoms with van der Waals surface area (Å²) in [6, 6.07) is 6.01. The maximum atomic E-state index is 12.9. The Morgan fingerprint density at radius 1 is 1.07 bits per heavy atom. The fraction of sp³-hybridized carbons (Fsp3) is 0.294. The molecule has 1 aromatic heterocycles. The van der Waals surface area contributed by atoms with Gasteiger partial charge in [-0.3, -0.25) is 9.59 Å². The third-order valence-corrected chi connectivity index (χ3v) is 7.22. The van der Waals surface area contributed by atoms with E-state index < -0.39 is 10.0 Å². The van der Waals surface area contributed by atoms with Gasteiger partial charge >= 0.3 is 0 Å². The Kier molecular flexibility index (Phi) is 5.62. The first-order valence-electron chi connectivity index (χ1n) is 8.14. The Morgan fingerprint density at radius 2 is 1.67 bits per heavy atom. The number of carbonyl (C=O) groups excluding carboxylic acids is 2. The van der Waals surface area contributed by atoms with Crippen LogP contribution in [0.2, 0.25) is 10.0 Å². The number of nitrogens with zero attached hydrogens (tertiary/aromatic N) is 2. The van der Waals surface area contributed by atoms with Crippen molar-refractivity contribution in [1.82, 2.24) is 14.2 Å². The van der Waals surface area contributed by atoms with E-state index in [-0.39, 0.29) is 52.8 Å². The van der Waals surface area contributed by atoms with E-state index >= 15 is 0 Å². The van der Waals surface area contributed by atoms with Crippen LogP contribution in [0.3, 0.4) is 0 Å². The van der Waals surface area contributed by atoms with E-state index in [1.54, 1.807) is 6.07 Å². The van der Waals surface area contributed by atoms with E-state index in [2.05, 4.69) is 4.98 Å². The van der Waals surface area contributed by atoms with E-state index in [0.29, 0.717) is 11.3 Å². The lowest BCUT2D eigenvalue weighted by Gasteiger charge is -2.34. The molecule has 2 heterocycles. The Hall–Kier alpha value is -1.87. The van der Waals surface area contributed by atoms with Crippen LogP contribution in [-0.4, -0.2) is 60.5 Å². The van der Waals surface area contributed by atoms with Crippen LogP contribution in [-0.2, 0) is 10.0 Å². The third-order valence-electron chi connectivity index (χ3n) is 4.36. The van der Waals surface area contributed by atoms with Crippen LogP contribution < -0.4 is 0 Å². The normalized spacial score (nSPS) is 15.7. The van der Waals surface area contributed by atoms with Gasteiger partial charge in [0.05, 0.1) is 10.0 Å². The predicted molar refractivity (Wildman–Crippen MR) is 102 cm³/mol. The number of carbonyl (C=O) groups is 2. The summed E-state index contributed by atoms with van der Waals surface area (Å²) < 4.78 is 27.0. The van der Waals surface area contributed by atoms with Gasteiger partial charge in [0, 0.05) is 37.9 Å². The molecule has 1 saturated heterocycles. The smallest absolute Gasteiger partial charge is 0.270 e. The number of H-pyrrole nitrogens is 1. The first-order valence-corrected chi connectivity index (χ1v) is 10.3. The molecule has 0 spiro atoms. The summed E-state index contributed by atoms with van der Waals surface area (Å²) in [7, 11) is -3.87. The number of hydrogen-bond donors (Lipinski definition) is 1. The second kappa shape index (κ2) is 7.63.